The lowest BCUT2D eigenvalue weighted by Crippen LogP contribution is -2.32. The first kappa shape index (κ1) is 18.3. The van der Waals surface area contributed by atoms with Gasteiger partial charge in [0.05, 0.1) is 6.61 Å². The zero-order valence-corrected chi connectivity index (χ0v) is 15.2. The van der Waals surface area contributed by atoms with Gasteiger partial charge in [-0.15, -0.1) is 0 Å². The van der Waals surface area contributed by atoms with E-state index in [1.807, 2.05) is 0 Å². The molecule has 1 unspecified atom stereocenters. The van der Waals surface area contributed by atoms with Crippen molar-refractivity contribution in [3.63, 3.8) is 0 Å². The van der Waals surface area contributed by atoms with Gasteiger partial charge in [-0.2, -0.15) is 0 Å². The molecule has 1 fully saturated rings. The van der Waals surface area contributed by atoms with Crippen molar-refractivity contribution < 1.29 is 9.47 Å². The molecule has 1 aliphatic carbocycles. The van der Waals surface area contributed by atoms with Crippen LogP contribution in [0.15, 0.2) is 24.3 Å². The zero-order valence-electron chi connectivity index (χ0n) is 15.2. The Hall–Kier alpha value is -1.02. The Morgan fingerprint density at radius 3 is 2.35 bits per heavy atom. The molecule has 0 heterocycles. The number of hydrogen-bond acceptors (Lipinski definition) is 2. The number of hydrogen-bond donors (Lipinski definition) is 0. The van der Waals surface area contributed by atoms with E-state index in [4.69, 9.17) is 9.47 Å². The fourth-order valence-corrected chi connectivity index (χ4v) is 3.21. The molecule has 0 aliphatic heterocycles. The first-order valence-corrected chi connectivity index (χ1v) is 9.56. The summed E-state index contributed by atoms with van der Waals surface area (Å²) in [6.07, 6.45) is 10.0. The minimum Gasteiger partial charge on any atom is -0.465 e. The molecule has 23 heavy (non-hydrogen) atoms. The topological polar surface area (TPSA) is 18.5 Å². The Morgan fingerprint density at radius 2 is 1.74 bits per heavy atom. The van der Waals surface area contributed by atoms with Crippen LogP contribution in [-0.4, -0.2) is 12.9 Å². The van der Waals surface area contributed by atoms with Crippen molar-refractivity contribution in [3.8, 4) is 5.75 Å². The Morgan fingerprint density at radius 1 is 1.04 bits per heavy atom. The van der Waals surface area contributed by atoms with Crippen LogP contribution in [-0.2, 0) is 11.2 Å². The monoisotopic (exact) mass is 318 g/mol. The van der Waals surface area contributed by atoms with Crippen LogP contribution in [0.3, 0.4) is 0 Å². The van der Waals surface area contributed by atoms with E-state index < -0.39 is 0 Å². The lowest BCUT2D eigenvalue weighted by molar-refractivity contribution is -0.129. The molecule has 0 saturated heterocycles. The van der Waals surface area contributed by atoms with Crippen LogP contribution in [0.2, 0.25) is 0 Å². The van der Waals surface area contributed by atoms with E-state index in [9.17, 15) is 0 Å². The minimum atomic E-state index is -0.0841. The Labute approximate surface area is 142 Å². The highest BCUT2D eigenvalue weighted by Gasteiger charge is 2.26. The SMILES string of the molecule is CCCCc1ccc(OC(OCC(C)C)C2CCCCC2)cc1. The van der Waals surface area contributed by atoms with Crippen LogP contribution in [0, 0.1) is 11.8 Å². The molecular weight excluding hydrogens is 284 g/mol. The number of unbranched alkanes of at least 4 members (excludes halogenated alkanes) is 1. The minimum absolute atomic E-state index is 0.0841. The van der Waals surface area contributed by atoms with E-state index in [0.29, 0.717) is 11.8 Å². The second-order valence-corrected chi connectivity index (χ2v) is 7.36. The van der Waals surface area contributed by atoms with Crippen molar-refractivity contribution in [1.82, 2.24) is 0 Å². The van der Waals surface area contributed by atoms with Crippen molar-refractivity contribution in [1.29, 1.82) is 0 Å². The average molecular weight is 319 g/mol. The predicted molar refractivity (Wildman–Crippen MR) is 96.8 cm³/mol. The molecule has 1 aromatic rings. The third-order valence-corrected chi connectivity index (χ3v) is 4.62. The summed E-state index contributed by atoms with van der Waals surface area (Å²) in [5.74, 6) is 2.04. The lowest BCUT2D eigenvalue weighted by atomic mass is 9.88. The average Bonchev–Trinajstić information content (AvgIpc) is 2.58. The maximum atomic E-state index is 6.24. The van der Waals surface area contributed by atoms with Crippen molar-refractivity contribution in [2.75, 3.05) is 6.61 Å². The highest BCUT2D eigenvalue weighted by Crippen LogP contribution is 2.30. The van der Waals surface area contributed by atoms with Crippen molar-refractivity contribution in [3.05, 3.63) is 29.8 Å². The molecule has 2 rings (SSSR count). The number of rotatable bonds is 9. The smallest absolute Gasteiger partial charge is 0.202 e. The molecule has 2 nitrogen and oxygen atoms in total. The maximum absolute atomic E-state index is 6.24. The molecule has 0 N–H and O–H groups in total. The van der Waals surface area contributed by atoms with E-state index in [1.54, 1.807) is 0 Å². The molecule has 1 saturated carbocycles. The summed E-state index contributed by atoms with van der Waals surface area (Å²) in [7, 11) is 0. The summed E-state index contributed by atoms with van der Waals surface area (Å²) in [4.78, 5) is 0. The molecule has 0 radical (unpaired) electrons. The second kappa shape index (κ2) is 9.97. The van der Waals surface area contributed by atoms with Gasteiger partial charge < -0.3 is 9.47 Å². The number of ether oxygens (including phenoxy) is 2. The quantitative estimate of drug-likeness (QED) is 0.521. The van der Waals surface area contributed by atoms with Gasteiger partial charge in [-0.25, -0.2) is 0 Å². The van der Waals surface area contributed by atoms with Gasteiger partial charge in [-0.1, -0.05) is 58.6 Å². The fourth-order valence-electron chi connectivity index (χ4n) is 3.21. The van der Waals surface area contributed by atoms with Gasteiger partial charge in [-0.3, -0.25) is 0 Å². The summed E-state index contributed by atoms with van der Waals surface area (Å²) in [6.45, 7) is 7.40. The highest BCUT2D eigenvalue weighted by atomic mass is 16.7. The van der Waals surface area contributed by atoms with Crippen molar-refractivity contribution >= 4 is 0 Å². The van der Waals surface area contributed by atoms with Gasteiger partial charge in [0.25, 0.3) is 0 Å². The molecule has 0 bridgehead atoms. The summed E-state index contributed by atoms with van der Waals surface area (Å²) in [6, 6.07) is 8.62. The Balaban J connectivity index is 1.94. The van der Waals surface area contributed by atoms with Gasteiger partial charge in [0.15, 0.2) is 0 Å². The van der Waals surface area contributed by atoms with Gasteiger partial charge in [0.1, 0.15) is 5.75 Å². The van der Waals surface area contributed by atoms with E-state index in [2.05, 4.69) is 45.0 Å². The predicted octanol–water partition coefficient (Wildman–Crippen LogP) is 5.99. The van der Waals surface area contributed by atoms with Gasteiger partial charge in [0, 0.05) is 5.92 Å². The normalized spacial score (nSPS) is 17.4. The van der Waals surface area contributed by atoms with E-state index in [0.717, 1.165) is 18.8 Å². The third-order valence-electron chi connectivity index (χ3n) is 4.62. The largest absolute Gasteiger partial charge is 0.465 e. The summed E-state index contributed by atoms with van der Waals surface area (Å²) in [5.41, 5.74) is 1.40. The van der Waals surface area contributed by atoms with Gasteiger partial charge in [-0.05, 0) is 49.3 Å². The summed E-state index contributed by atoms with van der Waals surface area (Å²) >= 11 is 0. The van der Waals surface area contributed by atoms with Crippen LogP contribution in [0.25, 0.3) is 0 Å². The maximum Gasteiger partial charge on any atom is 0.202 e. The van der Waals surface area contributed by atoms with E-state index >= 15 is 0 Å². The Bertz CT molecular complexity index is 418. The number of benzene rings is 1. The molecule has 0 aromatic heterocycles. The highest BCUT2D eigenvalue weighted by molar-refractivity contribution is 5.27. The number of aryl methyl sites for hydroxylation is 1. The third kappa shape index (κ3) is 6.55. The molecule has 130 valence electrons. The standard InChI is InChI=1S/C21H34O2/c1-4-5-9-18-12-14-20(15-13-18)23-21(22-16-17(2)3)19-10-7-6-8-11-19/h12-15,17,19,21H,4-11,16H2,1-3H3. The van der Waals surface area contributed by atoms with Crippen LogP contribution < -0.4 is 4.74 Å². The molecule has 0 amide bonds. The van der Waals surface area contributed by atoms with Crippen molar-refractivity contribution in [2.24, 2.45) is 11.8 Å². The van der Waals surface area contributed by atoms with E-state index in [-0.39, 0.29) is 6.29 Å². The van der Waals surface area contributed by atoms with Gasteiger partial charge in [0.2, 0.25) is 6.29 Å². The Kier molecular flexibility index (Phi) is 7.94. The second-order valence-electron chi connectivity index (χ2n) is 7.36. The zero-order chi connectivity index (χ0) is 16.5. The van der Waals surface area contributed by atoms with E-state index in [1.165, 1.54) is 50.5 Å². The summed E-state index contributed by atoms with van der Waals surface area (Å²) < 4.78 is 12.4. The summed E-state index contributed by atoms with van der Waals surface area (Å²) in [5, 5.41) is 0. The van der Waals surface area contributed by atoms with Crippen LogP contribution in [0.5, 0.6) is 5.75 Å². The van der Waals surface area contributed by atoms with Crippen LogP contribution >= 0.6 is 0 Å². The molecule has 0 spiro atoms. The lowest BCUT2D eigenvalue weighted by Gasteiger charge is -2.31. The first-order valence-electron chi connectivity index (χ1n) is 9.56. The van der Waals surface area contributed by atoms with Gasteiger partial charge >= 0.3 is 0 Å². The van der Waals surface area contributed by atoms with Crippen LogP contribution in [0.1, 0.15) is 71.3 Å². The first-order chi connectivity index (χ1) is 11.2. The molecule has 1 atom stereocenters. The molecule has 2 heteroatoms. The molecule has 1 aliphatic rings. The molecule has 1 aromatic carbocycles. The molecular formula is C21H34O2. The van der Waals surface area contributed by atoms with Crippen LogP contribution in [0.4, 0.5) is 0 Å². The van der Waals surface area contributed by atoms with Crippen molar-refractivity contribution in [2.45, 2.75) is 78.4 Å². The fraction of sp³-hybridized carbons (Fsp3) is 0.714.